The minimum absolute atomic E-state index is 0.283. The summed E-state index contributed by atoms with van der Waals surface area (Å²) in [5.74, 6) is 0.369. The molecule has 7 heteroatoms. The Hall–Kier alpha value is -1.56. The van der Waals surface area contributed by atoms with Gasteiger partial charge in [-0.15, -0.1) is 0 Å². The first-order valence-corrected chi connectivity index (χ1v) is 7.45. The fraction of sp³-hybridized carbons (Fsp3) is 0. The Morgan fingerprint density at radius 3 is 2.14 bits per heavy atom. The van der Waals surface area contributed by atoms with Crippen LogP contribution >= 0.6 is 39.1 Å². The van der Waals surface area contributed by atoms with E-state index in [1.54, 1.807) is 12.3 Å². The van der Waals surface area contributed by atoms with Gasteiger partial charge in [0.05, 0.1) is 5.56 Å². The van der Waals surface area contributed by atoms with Crippen LogP contribution < -0.4 is 0 Å². The lowest BCUT2D eigenvalue weighted by atomic mass is 10.1. The highest BCUT2D eigenvalue weighted by atomic mass is 79.9. The van der Waals surface area contributed by atoms with Crippen LogP contribution in [-0.2, 0) is 0 Å². The van der Waals surface area contributed by atoms with Gasteiger partial charge < -0.3 is 0 Å². The molecular formula is C14H7BrCl2N4. The number of halogens is 3. The summed E-state index contributed by atoms with van der Waals surface area (Å²) in [6.07, 6.45) is 3.03. The largest absolute Gasteiger partial charge is 0.245 e. The van der Waals surface area contributed by atoms with Crippen LogP contribution in [0.3, 0.4) is 0 Å². The van der Waals surface area contributed by atoms with Crippen LogP contribution in [0.1, 0.15) is 0 Å². The zero-order chi connectivity index (χ0) is 14.8. The number of benzene rings is 1. The summed E-state index contributed by atoms with van der Waals surface area (Å²) in [7, 11) is 0. The van der Waals surface area contributed by atoms with Gasteiger partial charge in [-0.25, -0.2) is 19.9 Å². The van der Waals surface area contributed by atoms with E-state index in [4.69, 9.17) is 23.2 Å². The highest BCUT2D eigenvalue weighted by molar-refractivity contribution is 9.10. The monoisotopic (exact) mass is 380 g/mol. The normalized spacial score (nSPS) is 10.6. The van der Waals surface area contributed by atoms with Gasteiger partial charge >= 0.3 is 0 Å². The summed E-state index contributed by atoms with van der Waals surface area (Å²) < 4.78 is 0.969. The lowest BCUT2D eigenvalue weighted by molar-refractivity contribution is 1.10. The van der Waals surface area contributed by atoms with Gasteiger partial charge in [0, 0.05) is 10.7 Å². The molecule has 0 saturated heterocycles. The molecule has 0 aliphatic heterocycles. The molecule has 0 N–H and O–H groups in total. The summed E-state index contributed by atoms with van der Waals surface area (Å²) in [5, 5.41) is 0.567. The first kappa shape index (κ1) is 14.4. The predicted octanol–water partition coefficient (Wildman–Crippen LogP) is 4.67. The average Bonchev–Trinajstić information content (AvgIpc) is 2.49. The maximum Gasteiger partial charge on any atom is 0.181 e. The molecule has 0 atom stereocenters. The highest BCUT2D eigenvalue weighted by Gasteiger charge is 2.15. The van der Waals surface area contributed by atoms with Crippen molar-refractivity contribution >= 4 is 39.1 Å². The Morgan fingerprint density at radius 1 is 0.905 bits per heavy atom. The van der Waals surface area contributed by atoms with Crippen LogP contribution in [0.4, 0.5) is 0 Å². The minimum Gasteiger partial charge on any atom is -0.245 e. The van der Waals surface area contributed by atoms with Crippen molar-refractivity contribution in [3.63, 3.8) is 0 Å². The van der Waals surface area contributed by atoms with Crippen LogP contribution in [0.2, 0.25) is 10.3 Å². The molecule has 0 saturated carbocycles. The van der Waals surface area contributed by atoms with Crippen molar-refractivity contribution in [3.05, 3.63) is 57.6 Å². The van der Waals surface area contributed by atoms with E-state index in [2.05, 4.69) is 35.9 Å². The fourth-order valence-electron chi connectivity index (χ4n) is 1.80. The van der Waals surface area contributed by atoms with Crippen LogP contribution in [-0.4, -0.2) is 19.9 Å². The third-order valence-corrected chi connectivity index (χ3v) is 3.84. The molecule has 104 valence electrons. The standard InChI is InChI=1S/C14H7BrCl2N4/c15-9-3-1-8(2-4-9)11-12(16)20-14(21-13(11)17)10-5-6-18-7-19-10/h1-7H. The van der Waals surface area contributed by atoms with Gasteiger partial charge in [0.2, 0.25) is 0 Å². The first-order valence-electron chi connectivity index (χ1n) is 5.90. The van der Waals surface area contributed by atoms with Gasteiger partial charge in [-0.1, -0.05) is 51.3 Å². The average molecular weight is 382 g/mol. The zero-order valence-electron chi connectivity index (χ0n) is 10.5. The molecule has 3 rings (SSSR count). The summed E-state index contributed by atoms with van der Waals surface area (Å²) in [6, 6.07) is 9.29. The summed E-state index contributed by atoms with van der Waals surface area (Å²) in [6.45, 7) is 0. The molecule has 0 aliphatic carbocycles. The Kier molecular flexibility index (Phi) is 4.14. The molecule has 3 aromatic rings. The molecule has 0 unspecified atom stereocenters. The molecule has 21 heavy (non-hydrogen) atoms. The van der Waals surface area contributed by atoms with E-state index in [1.165, 1.54) is 6.33 Å². The number of aromatic nitrogens is 4. The maximum absolute atomic E-state index is 6.27. The van der Waals surface area contributed by atoms with E-state index in [9.17, 15) is 0 Å². The second-order valence-corrected chi connectivity index (χ2v) is 5.74. The minimum atomic E-state index is 0.283. The molecule has 0 amide bonds. The molecule has 2 aromatic heterocycles. The van der Waals surface area contributed by atoms with Crippen molar-refractivity contribution in [2.75, 3.05) is 0 Å². The van der Waals surface area contributed by atoms with E-state index >= 15 is 0 Å². The highest BCUT2D eigenvalue weighted by Crippen LogP contribution is 2.34. The second kappa shape index (κ2) is 6.05. The Labute approximate surface area is 139 Å². The molecule has 1 aromatic carbocycles. The fourth-order valence-corrected chi connectivity index (χ4v) is 2.67. The first-order chi connectivity index (χ1) is 10.1. The van der Waals surface area contributed by atoms with Crippen LogP contribution in [0.5, 0.6) is 0 Å². The van der Waals surface area contributed by atoms with E-state index in [-0.39, 0.29) is 10.3 Å². The summed E-state index contributed by atoms with van der Waals surface area (Å²) in [4.78, 5) is 16.5. The van der Waals surface area contributed by atoms with Crippen LogP contribution in [0.25, 0.3) is 22.6 Å². The van der Waals surface area contributed by atoms with Crippen molar-refractivity contribution in [1.82, 2.24) is 19.9 Å². The predicted molar refractivity (Wildman–Crippen MR) is 86.2 cm³/mol. The number of rotatable bonds is 2. The molecule has 2 heterocycles. The van der Waals surface area contributed by atoms with Gasteiger partial charge in [0.25, 0.3) is 0 Å². The van der Waals surface area contributed by atoms with E-state index in [1.807, 2.05) is 24.3 Å². The maximum atomic E-state index is 6.27. The van der Waals surface area contributed by atoms with Gasteiger partial charge in [-0.3, -0.25) is 0 Å². The Bertz CT molecular complexity index is 756. The van der Waals surface area contributed by atoms with Gasteiger partial charge in [0.15, 0.2) is 5.82 Å². The molecule has 0 spiro atoms. The summed E-state index contributed by atoms with van der Waals surface area (Å²) >= 11 is 15.9. The van der Waals surface area contributed by atoms with Crippen molar-refractivity contribution in [2.45, 2.75) is 0 Å². The molecule has 0 bridgehead atoms. The number of hydrogen-bond acceptors (Lipinski definition) is 4. The topological polar surface area (TPSA) is 51.6 Å². The second-order valence-electron chi connectivity index (χ2n) is 4.11. The molecule has 0 radical (unpaired) electrons. The van der Waals surface area contributed by atoms with Crippen LogP contribution in [0.15, 0.2) is 47.3 Å². The van der Waals surface area contributed by atoms with Crippen molar-refractivity contribution in [2.24, 2.45) is 0 Å². The third kappa shape index (κ3) is 3.05. The van der Waals surface area contributed by atoms with Gasteiger partial charge in [-0.05, 0) is 23.8 Å². The van der Waals surface area contributed by atoms with E-state index in [0.29, 0.717) is 17.1 Å². The lowest BCUT2D eigenvalue weighted by Gasteiger charge is -2.08. The lowest BCUT2D eigenvalue weighted by Crippen LogP contribution is -1.96. The Balaban J connectivity index is 2.11. The molecule has 4 nitrogen and oxygen atoms in total. The van der Waals surface area contributed by atoms with E-state index in [0.717, 1.165) is 10.0 Å². The smallest absolute Gasteiger partial charge is 0.181 e. The van der Waals surface area contributed by atoms with E-state index < -0.39 is 0 Å². The van der Waals surface area contributed by atoms with Crippen LogP contribution in [0, 0.1) is 0 Å². The quantitative estimate of drug-likeness (QED) is 0.605. The molecule has 0 fully saturated rings. The molecular weight excluding hydrogens is 375 g/mol. The van der Waals surface area contributed by atoms with Crippen molar-refractivity contribution in [1.29, 1.82) is 0 Å². The molecule has 0 aliphatic rings. The van der Waals surface area contributed by atoms with Gasteiger partial charge in [0.1, 0.15) is 22.3 Å². The number of nitrogens with zero attached hydrogens (tertiary/aromatic N) is 4. The summed E-state index contributed by atoms with van der Waals surface area (Å²) in [5.41, 5.74) is 2.02. The van der Waals surface area contributed by atoms with Crippen molar-refractivity contribution in [3.8, 4) is 22.6 Å². The van der Waals surface area contributed by atoms with Crippen molar-refractivity contribution < 1.29 is 0 Å². The Morgan fingerprint density at radius 2 is 1.57 bits per heavy atom. The van der Waals surface area contributed by atoms with Gasteiger partial charge in [-0.2, -0.15) is 0 Å². The third-order valence-electron chi connectivity index (χ3n) is 2.76. The SMILES string of the molecule is Clc1nc(-c2ccncn2)nc(Cl)c1-c1ccc(Br)cc1. The zero-order valence-corrected chi connectivity index (χ0v) is 13.6. The number of hydrogen-bond donors (Lipinski definition) is 0.